The molecule has 3 rings (SSSR count). The Hall–Kier alpha value is -2.49. The largest absolute Gasteiger partial charge is 0.488 e. The Morgan fingerprint density at radius 2 is 1.90 bits per heavy atom. The van der Waals surface area contributed by atoms with Crippen molar-refractivity contribution in [1.82, 2.24) is 0 Å². The third-order valence-corrected chi connectivity index (χ3v) is 3.26. The molecule has 0 aliphatic carbocycles. The van der Waals surface area contributed by atoms with E-state index in [0.717, 1.165) is 5.56 Å². The van der Waals surface area contributed by atoms with Gasteiger partial charge in [-0.15, -0.1) is 6.58 Å². The van der Waals surface area contributed by atoms with Gasteiger partial charge in [0.2, 0.25) is 6.79 Å². The minimum absolute atomic E-state index is 0.163. The lowest BCUT2D eigenvalue weighted by atomic mass is 10.1. The highest BCUT2D eigenvalue weighted by atomic mass is 19.1. The SMILES string of the molecule is C=CCc1cc2c(cc1OCc1ccccc1F)OCO2. The molecule has 0 N–H and O–H groups in total. The topological polar surface area (TPSA) is 27.7 Å². The number of halogens is 1. The number of hydrogen-bond acceptors (Lipinski definition) is 3. The number of ether oxygens (including phenoxy) is 3. The highest BCUT2D eigenvalue weighted by Crippen LogP contribution is 2.38. The Kier molecular flexibility index (Phi) is 3.77. The molecule has 1 aliphatic rings. The molecule has 2 aromatic carbocycles. The van der Waals surface area contributed by atoms with E-state index in [4.69, 9.17) is 14.2 Å². The van der Waals surface area contributed by atoms with Gasteiger partial charge in [-0.25, -0.2) is 4.39 Å². The summed E-state index contributed by atoms with van der Waals surface area (Å²) in [5.74, 6) is 1.72. The van der Waals surface area contributed by atoms with Gasteiger partial charge in [-0.05, 0) is 18.6 Å². The van der Waals surface area contributed by atoms with Crippen molar-refractivity contribution in [2.75, 3.05) is 6.79 Å². The fourth-order valence-corrected chi connectivity index (χ4v) is 2.19. The van der Waals surface area contributed by atoms with Gasteiger partial charge in [0.1, 0.15) is 18.2 Å². The van der Waals surface area contributed by atoms with Crippen LogP contribution in [0.5, 0.6) is 17.2 Å². The summed E-state index contributed by atoms with van der Waals surface area (Å²) in [6, 6.07) is 10.2. The van der Waals surface area contributed by atoms with Gasteiger partial charge in [-0.2, -0.15) is 0 Å². The molecule has 0 radical (unpaired) electrons. The number of rotatable bonds is 5. The molecular formula is C17H15FO3. The van der Waals surface area contributed by atoms with Crippen LogP contribution in [0.15, 0.2) is 49.1 Å². The van der Waals surface area contributed by atoms with Crippen LogP contribution in [0.1, 0.15) is 11.1 Å². The standard InChI is InChI=1S/C17H15FO3/c1-2-5-12-8-16-17(21-11-20-16)9-15(12)19-10-13-6-3-4-7-14(13)18/h2-4,6-9H,1,5,10-11H2. The second-order valence-electron chi connectivity index (χ2n) is 4.69. The van der Waals surface area contributed by atoms with Crippen molar-refractivity contribution in [3.8, 4) is 17.2 Å². The molecule has 0 aromatic heterocycles. The third kappa shape index (κ3) is 2.84. The predicted octanol–water partition coefficient (Wildman–Crippen LogP) is 3.86. The summed E-state index contributed by atoms with van der Waals surface area (Å²) < 4.78 is 30.1. The van der Waals surface area contributed by atoms with E-state index in [1.165, 1.54) is 6.07 Å². The van der Waals surface area contributed by atoms with Crippen molar-refractivity contribution >= 4 is 0 Å². The van der Waals surface area contributed by atoms with E-state index in [2.05, 4.69) is 6.58 Å². The lowest BCUT2D eigenvalue weighted by Crippen LogP contribution is -2.00. The van der Waals surface area contributed by atoms with Gasteiger partial charge in [0.25, 0.3) is 0 Å². The van der Waals surface area contributed by atoms with E-state index in [1.54, 1.807) is 30.3 Å². The van der Waals surface area contributed by atoms with Crippen LogP contribution < -0.4 is 14.2 Å². The summed E-state index contributed by atoms with van der Waals surface area (Å²) in [6.07, 6.45) is 2.43. The molecular weight excluding hydrogens is 271 g/mol. The maximum Gasteiger partial charge on any atom is 0.231 e. The minimum atomic E-state index is -0.275. The summed E-state index contributed by atoms with van der Waals surface area (Å²) in [4.78, 5) is 0. The van der Waals surface area contributed by atoms with Crippen molar-refractivity contribution in [3.63, 3.8) is 0 Å². The number of allylic oxidation sites excluding steroid dienone is 1. The smallest absolute Gasteiger partial charge is 0.231 e. The first-order chi connectivity index (χ1) is 10.3. The molecule has 108 valence electrons. The van der Waals surface area contributed by atoms with Gasteiger partial charge < -0.3 is 14.2 Å². The van der Waals surface area contributed by atoms with E-state index in [9.17, 15) is 4.39 Å². The normalized spacial score (nSPS) is 12.2. The van der Waals surface area contributed by atoms with Gasteiger partial charge in [-0.1, -0.05) is 24.3 Å². The van der Waals surface area contributed by atoms with Gasteiger partial charge in [0.05, 0.1) is 0 Å². The predicted molar refractivity (Wildman–Crippen MR) is 77.2 cm³/mol. The molecule has 0 atom stereocenters. The Balaban J connectivity index is 1.84. The average Bonchev–Trinajstić information content (AvgIpc) is 2.94. The molecule has 4 heteroatoms. The zero-order valence-corrected chi connectivity index (χ0v) is 11.5. The highest BCUT2D eigenvalue weighted by molar-refractivity contribution is 5.52. The van der Waals surface area contributed by atoms with Gasteiger partial charge in [0.15, 0.2) is 11.5 Å². The van der Waals surface area contributed by atoms with Gasteiger partial charge >= 0.3 is 0 Å². The van der Waals surface area contributed by atoms with Crippen molar-refractivity contribution in [3.05, 3.63) is 66.0 Å². The van der Waals surface area contributed by atoms with Gasteiger partial charge in [0, 0.05) is 17.2 Å². The maximum absolute atomic E-state index is 13.6. The zero-order valence-electron chi connectivity index (χ0n) is 11.5. The van der Waals surface area contributed by atoms with Gasteiger partial charge in [-0.3, -0.25) is 0 Å². The van der Waals surface area contributed by atoms with Crippen LogP contribution in [-0.4, -0.2) is 6.79 Å². The van der Waals surface area contributed by atoms with E-state index >= 15 is 0 Å². The minimum Gasteiger partial charge on any atom is -0.488 e. The molecule has 0 saturated heterocycles. The van der Waals surface area contributed by atoms with Crippen LogP contribution in [0.4, 0.5) is 4.39 Å². The molecule has 0 spiro atoms. The van der Waals surface area contributed by atoms with Crippen LogP contribution >= 0.6 is 0 Å². The Morgan fingerprint density at radius 1 is 1.14 bits per heavy atom. The Morgan fingerprint density at radius 3 is 2.67 bits per heavy atom. The van der Waals surface area contributed by atoms with Crippen LogP contribution in [0, 0.1) is 5.82 Å². The van der Waals surface area contributed by atoms with Crippen LogP contribution in [-0.2, 0) is 13.0 Å². The van der Waals surface area contributed by atoms with Crippen molar-refractivity contribution < 1.29 is 18.6 Å². The first-order valence-electron chi connectivity index (χ1n) is 6.67. The van der Waals surface area contributed by atoms with E-state index < -0.39 is 0 Å². The molecule has 21 heavy (non-hydrogen) atoms. The molecule has 0 amide bonds. The lowest BCUT2D eigenvalue weighted by molar-refractivity contribution is 0.173. The third-order valence-electron chi connectivity index (χ3n) is 3.26. The second-order valence-corrected chi connectivity index (χ2v) is 4.69. The van der Waals surface area contributed by atoms with Crippen molar-refractivity contribution in [2.45, 2.75) is 13.0 Å². The summed E-state index contributed by atoms with van der Waals surface area (Å²) in [5.41, 5.74) is 1.45. The molecule has 1 aliphatic heterocycles. The summed E-state index contributed by atoms with van der Waals surface area (Å²) in [5, 5.41) is 0. The average molecular weight is 286 g/mol. The summed E-state index contributed by atoms with van der Waals surface area (Å²) >= 11 is 0. The van der Waals surface area contributed by atoms with Crippen molar-refractivity contribution in [1.29, 1.82) is 0 Å². The Labute approximate surface area is 122 Å². The number of fused-ring (bicyclic) bond motifs is 1. The van der Waals surface area contributed by atoms with E-state index in [-0.39, 0.29) is 19.2 Å². The fraction of sp³-hybridized carbons (Fsp3) is 0.176. The first-order valence-corrected chi connectivity index (χ1v) is 6.67. The first kappa shape index (κ1) is 13.5. The fourth-order valence-electron chi connectivity index (χ4n) is 2.19. The lowest BCUT2D eigenvalue weighted by Gasteiger charge is -2.12. The van der Waals surface area contributed by atoms with Crippen molar-refractivity contribution in [2.24, 2.45) is 0 Å². The molecule has 1 heterocycles. The quantitative estimate of drug-likeness (QED) is 0.781. The molecule has 0 bridgehead atoms. The number of benzene rings is 2. The van der Waals surface area contributed by atoms with Crippen LogP contribution in [0.3, 0.4) is 0 Å². The maximum atomic E-state index is 13.6. The van der Waals surface area contributed by atoms with Crippen LogP contribution in [0.25, 0.3) is 0 Å². The summed E-state index contributed by atoms with van der Waals surface area (Å²) in [7, 11) is 0. The van der Waals surface area contributed by atoms with Crippen LogP contribution in [0.2, 0.25) is 0 Å². The molecule has 0 fully saturated rings. The molecule has 2 aromatic rings. The zero-order chi connectivity index (χ0) is 14.7. The van der Waals surface area contributed by atoms with E-state index in [0.29, 0.717) is 29.2 Å². The number of hydrogen-bond donors (Lipinski definition) is 0. The highest BCUT2D eigenvalue weighted by Gasteiger charge is 2.17. The summed E-state index contributed by atoms with van der Waals surface area (Å²) in [6.45, 7) is 4.11. The monoisotopic (exact) mass is 286 g/mol. The van der Waals surface area contributed by atoms with E-state index in [1.807, 2.05) is 6.07 Å². The molecule has 0 unspecified atom stereocenters. The molecule has 3 nitrogen and oxygen atoms in total. The second kappa shape index (κ2) is 5.87. The Bertz CT molecular complexity index is 667. The molecule has 0 saturated carbocycles.